The summed E-state index contributed by atoms with van der Waals surface area (Å²) in [6.45, 7) is 3.92. The molecule has 0 spiro atoms. The molecule has 9 nitrogen and oxygen atoms in total. The van der Waals surface area contributed by atoms with Crippen molar-refractivity contribution in [1.82, 2.24) is 40.6 Å². The van der Waals surface area contributed by atoms with Crippen molar-refractivity contribution in [3.05, 3.63) is 48.3 Å². The second-order valence-corrected chi connectivity index (χ2v) is 5.38. The van der Waals surface area contributed by atoms with Crippen LogP contribution in [0.5, 0.6) is 0 Å². The molecule has 2 aromatic heterocycles. The molecule has 0 aliphatic carbocycles. The van der Waals surface area contributed by atoms with Gasteiger partial charge in [-0.15, -0.1) is 0 Å². The lowest BCUT2D eigenvalue weighted by Crippen LogP contribution is -2.37. The summed E-state index contributed by atoms with van der Waals surface area (Å²) >= 11 is 0. The zero-order chi connectivity index (χ0) is 17.5. The summed E-state index contributed by atoms with van der Waals surface area (Å²) in [6, 6.07) is 8.07. The van der Waals surface area contributed by atoms with E-state index in [0.717, 1.165) is 35.3 Å². The van der Waals surface area contributed by atoms with E-state index in [9.17, 15) is 0 Å². The highest BCUT2D eigenvalue weighted by Gasteiger charge is 2.04. The fourth-order valence-electron chi connectivity index (χ4n) is 2.32. The average molecular weight is 339 g/mol. The summed E-state index contributed by atoms with van der Waals surface area (Å²) in [4.78, 5) is 13.0. The Bertz CT molecular complexity index is 820. The number of aryl methyl sites for hydroxylation is 1. The van der Waals surface area contributed by atoms with Crippen LogP contribution in [-0.2, 0) is 20.1 Å². The van der Waals surface area contributed by atoms with Crippen LogP contribution < -0.4 is 10.6 Å². The van der Waals surface area contributed by atoms with E-state index in [4.69, 9.17) is 0 Å². The molecule has 0 saturated heterocycles. The number of guanidine groups is 1. The Balaban J connectivity index is 1.67. The number of nitrogens with one attached hydrogen (secondary N) is 3. The number of aromatic amines is 1. The van der Waals surface area contributed by atoms with Gasteiger partial charge in [-0.3, -0.25) is 9.78 Å². The molecule has 0 bridgehead atoms. The molecule has 0 fully saturated rings. The van der Waals surface area contributed by atoms with Crippen molar-refractivity contribution in [2.24, 2.45) is 12.0 Å². The first-order valence-corrected chi connectivity index (χ1v) is 8.06. The molecule has 3 rings (SSSR count). The fourth-order valence-corrected chi connectivity index (χ4v) is 2.32. The third-order valence-electron chi connectivity index (χ3n) is 3.60. The molecular formula is C16H21N9. The Morgan fingerprint density at radius 1 is 1.24 bits per heavy atom. The summed E-state index contributed by atoms with van der Waals surface area (Å²) in [5.41, 5.74) is 2.08. The number of aliphatic imine (C=N–C) groups is 1. The highest BCUT2D eigenvalue weighted by molar-refractivity contribution is 5.79. The summed E-state index contributed by atoms with van der Waals surface area (Å²) in [5.74, 6) is 2.33. The third-order valence-corrected chi connectivity index (χ3v) is 3.60. The maximum absolute atomic E-state index is 4.63. The quantitative estimate of drug-likeness (QED) is 0.454. The first kappa shape index (κ1) is 16.6. The molecule has 0 radical (unpaired) electrons. The second-order valence-electron chi connectivity index (χ2n) is 5.38. The molecule has 2 heterocycles. The number of rotatable bonds is 6. The molecule has 130 valence electrons. The third kappa shape index (κ3) is 4.40. The van der Waals surface area contributed by atoms with Crippen LogP contribution in [0.3, 0.4) is 0 Å². The largest absolute Gasteiger partial charge is 0.357 e. The summed E-state index contributed by atoms with van der Waals surface area (Å²) in [5, 5.41) is 17.3. The van der Waals surface area contributed by atoms with Gasteiger partial charge in [0.15, 0.2) is 11.8 Å². The molecule has 0 aliphatic rings. The molecule has 3 aromatic rings. The number of aromatic nitrogens is 6. The van der Waals surface area contributed by atoms with Gasteiger partial charge in [0.1, 0.15) is 18.5 Å². The Morgan fingerprint density at radius 2 is 2.16 bits per heavy atom. The zero-order valence-corrected chi connectivity index (χ0v) is 14.3. The molecule has 0 amide bonds. The van der Waals surface area contributed by atoms with E-state index in [1.165, 1.54) is 12.7 Å². The van der Waals surface area contributed by atoms with E-state index in [2.05, 4.69) is 47.0 Å². The van der Waals surface area contributed by atoms with E-state index in [1.54, 1.807) is 4.68 Å². The lowest BCUT2D eigenvalue weighted by molar-refractivity contribution is 0.673. The number of hydrogen-bond donors (Lipinski definition) is 3. The minimum atomic E-state index is 0.552. The average Bonchev–Trinajstić information content (AvgIpc) is 3.29. The van der Waals surface area contributed by atoms with Crippen molar-refractivity contribution in [2.45, 2.75) is 20.0 Å². The summed E-state index contributed by atoms with van der Waals surface area (Å²) in [7, 11) is 1.86. The first-order valence-electron chi connectivity index (χ1n) is 8.06. The molecule has 0 unspecified atom stereocenters. The van der Waals surface area contributed by atoms with Crippen LogP contribution in [0.25, 0.3) is 11.4 Å². The molecule has 0 atom stereocenters. The lowest BCUT2D eigenvalue weighted by atomic mass is 10.1. The van der Waals surface area contributed by atoms with Crippen LogP contribution in [0, 0.1) is 0 Å². The molecule has 25 heavy (non-hydrogen) atoms. The van der Waals surface area contributed by atoms with Gasteiger partial charge >= 0.3 is 0 Å². The first-order chi connectivity index (χ1) is 12.3. The number of hydrogen-bond acceptors (Lipinski definition) is 5. The molecular weight excluding hydrogens is 318 g/mol. The van der Waals surface area contributed by atoms with Crippen LogP contribution in [0.2, 0.25) is 0 Å². The van der Waals surface area contributed by atoms with Gasteiger partial charge in [-0.05, 0) is 18.6 Å². The van der Waals surface area contributed by atoms with Crippen molar-refractivity contribution >= 4 is 5.96 Å². The van der Waals surface area contributed by atoms with Crippen molar-refractivity contribution in [1.29, 1.82) is 0 Å². The summed E-state index contributed by atoms with van der Waals surface area (Å²) in [6.07, 6.45) is 3.04. The van der Waals surface area contributed by atoms with Gasteiger partial charge in [-0.1, -0.05) is 18.2 Å². The van der Waals surface area contributed by atoms with Crippen LogP contribution in [0.15, 0.2) is 41.9 Å². The van der Waals surface area contributed by atoms with E-state index in [-0.39, 0.29) is 0 Å². The van der Waals surface area contributed by atoms with Crippen LogP contribution in [0.1, 0.15) is 18.3 Å². The van der Waals surface area contributed by atoms with Gasteiger partial charge in [-0.25, -0.2) is 15.0 Å². The van der Waals surface area contributed by atoms with Gasteiger partial charge in [0.2, 0.25) is 0 Å². The molecule has 0 aliphatic heterocycles. The SMILES string of the molecule is CCNC(=NCc1cccc(-c2ncn[nH]2)c1)NCc1ncnn1C. The van der Waals surface area contributed by atoms with Gasteiger partial charge < -0.3 is 10.6 Å². The van der Waals surface area contributed by atoms with E-state index < -0.39 is 0 Å². The molecule has 9 heteroatoms. The highest BCUT2D eigenvalue weighted by atomic mass is 15.3. The maximum atomic E-state index is 4.63. The number of H-pyrrole nitrogens is 1. The smallest absolute Gasteiger partial charge is 0.191 e. The summed E-state index contributed by atoms with van der Waals surface area (Å²) < 4.78 is 1.73. The monoisotopic (exact) mass is 339 g/mol. The number of nitrogens with zero attached hydrogens (tertiary/aromatic N) is 6. The molecule has 3 N–H and O–H groups in total. The van der Waals surface area contributed by atoms with Gasteiger partial charge in [-0.2, -0.15) is 10.2 Å². The Hall–Kier alpha value is -3.23. The van der Waals surface area contributed by atoms with E-state index in [0.29, 0.717) is 13.1 Å². The van der Waals surface area contributed by atoms with Gasteiger partial charge in [0.05, 0.1) is 13.1 Å². The van der Waals surface area contributed by atoms with Gasteiger partial charge in [0.25, 0.3) is 0 Å². The minimum absolute atomic E-state index is 0.552. The van der Waals surface area contributed by atoms with Crippen molar-refractivity contribution < 1.29 is 0 Å². The highest BCUT2D eigenvalue weighted by Crippen LogP contribution is 2.15. The van der Waals surface area contributed by atoms with Crippen LogP contribution in [-0.4, -0.2) is 42.5 Å². The van der Waals surface area contributed by atoms with Crippen LogP contribution in [0.4, 0.5) is 0 Å². The normalized spacial score (nSPS) is 11.5. The predicted octanol–water partition coefficient (Wildman–Crippen LogP) is 0.855. The second kappa shape index (κ2) is 8.04. The maximum Gasteiger partial charge on any atom is 0.191 e. The fraction of sp³-hybridized carbons (Fsp3) is 0.312. The standard InChI is InChI=1S/C16H21N9/c1-3-17-16(19-9-14-20-11-23-25(14)2)18-8-12-5-4-6-13(7-12)15-21-10-22-24-15/h4-7,10-11H,3,8-9H2,1-2H3,(H2,17,18,19)(H,21,22,24). The number of benzene rings is 1. The Morgan fingerprint density at radius 3 is 2.88 bits per heavy atom. The van der Waals surface area contributed by atoms with Gasteiger partial charge in [0, 0.05) is 19.2 Å². The predicted molar refractivity (Wildman–Crippen MR) is 94.5 cm³/mol. The van der Waals surface area contributed by atoms with E-state index >= 15 is 0 Å². The topological polar surface area (TPSA) is 109 Å². The van der Waals surface area contributed by atoms with Crippen molar-refractivity contribution in [3.8, 4) is 11.4 Å². The Labute approximate surface area is 145 Å². The minimum Gasteiger partial charge on any atom is -0.357 e. The van der Waals surface area contributed by atoms with E-state index in [1.807, 2.05) is 32.2 Å². The van der Waals surface area contributed by atoms with Crippen molar-refractivity contribution in [2.75, 3.05) is 6.54 Å². The Kier molecular flexibility index (Phi) is 5.35. The molecule has 0 saturated carbocycles. The molecule has 1 aromatic carbocycles. The lowest BCUT2D eigenvalue weighted by Gasteiger charge is -2.11. The zero-order valence-electron chi connectivity index (χ0n) is 14.3. The van der Waals surface area contributed by atoms with Crippen LogP contribution >= 0.6 is 0 Å². The van der Waals surface area contributed by atoms with Crippen molar-refractivity contribution in [3.63, 3.8) is 0 Å².